The van der Waals surface area contributed by atoms with E-state index in [1.165, 1.54) is 0 Å². The highest BCUT2D eigenvalue weighted by Crippen LogP contribution is 2.58. The normalized spacial score (nSPS) is 31.6. The third kappa shape index (κ3) is 3.07. The molecule has 0 radical (unpaired) electrons. The monoisotopic (exact) mass is 423 g/mol. The lowest BCUT2D eigenvalue weighted by atomic mass is 9.51. The van der Waals surface area contributed by atoms with Crippen LogP contribution in [0.25, 0.3) is 0 Å². The Labute approximate surface area is 181 Å². The Bertz CT molecular complexity index is 1030. The highest BCUT2D eigenvalue weighted by Gasteiger charge is 2.60. The molecule has 3 N–H and O–H groups in total. The second-order valence-electron chi connectivity index (χ2n) is 9.26. The van der Waals surface area contributed by atoms with E-state index in [1.807, 2.05) is 48.5 Å². The van der Waals surface area contributed by atoms with E-state index in [4.69, 9.17) is 11.6 Å². The molecule has 6 rings (SSSR count). The predicted molar refractivity (Wildman–Crippen MR) is 117 cm³/mol. The average molecular weight is 424 g/mol. The fourth-order valence-electron chi connectivity index (χ4n) is 5.80. The number of carbonyl (C=O) groups excluding carboxylic acids is 2. The van der Waals surface area contributed by atoms with Gasteiger partial charge in [0.05, 0.1) is 5.56 Å². The van der Waals surface area contributed by atoms with Gasteiger partial charge in [0.2, 0.25) is 5.91 Å². The van der Waals surface area contributed by atoms with Crippen molar-refractivity contribution in [1.29, 1.82) is 0 Å². The molecule has 4 aliphatic rings. The van der Waals surface area contributed by atoms with Gasteiger partial charge in [-0.3, -0.25) is 9.59 Å². The lowest BCUT2D eigenvalue weighted by molar-refractivity contribution is -0.139. The Hall–Kier alpha value is -2.53. The first kappa shape index (κ1) is 19.4. The first-order valence-electron chi connectivity index (χ1n) is 10.6. The van der Waals surface area contributed by atoms with Crippen LogP contribution in [0.1, 0.15) is 48.5 Å². The molecule has 3 saturated carbocycles. The molecule has 156 valence electrons. The number of hydrogen-bond acceptors (Lipinski definition) is 3. The molecule has 4 atom stereocenters. The summed E-state index contributed by atoms with van der Waals surface area (Å²) in [6.07, 6.45) is 3.50. The van der Waals surface area contributed by atoms with Crippen LogP contribution in [0.4, 0.5) is 5.69 Å². The topological polar surface area (TPSA) is 70.2 Å². The van der Waals surface area contributed by atoms with E-state index in [0.29, 0.717) is 17.1 Å². The summed E-state index contributed by atoms with van der Waals surface area (Å²) in [5, 5.41) is 10.7. The van der Waals surface area contributed by atoms with E-state index in [2.05, 4.69) is 22.9 Å². The molecule has 30 heavy (non-hydrogen) atoms. The SMILES string of the molecule is C[C@]12CC[C@H](C[C@@H]1C(=O)NCc1ccccc1Cl)[C@]1(C2)NC(=O)c2ccccc2N1. The summed E-state index contributed by atoms with van der Waals surface area (Å²) in [5.74, 6) is 0.202. The highest BCUT2D eigenvalue weighted by atomic mass is 35.5. The maximum Gasteiger partial charge on any atom is 0.255 e. The number of carbonyl (C=O) groups is 2. The molecular formula is C24H26ClN3O2. The number of halogens is 1. The second-order valence-corrected chi connectivity index (χ2v) is 9.67. The molecule has 6 heteroatoms. The smallest absolute Gasteiger partial charge is 0.255 e. The van der Waals surface area contributed by atoms with Gasteiger partial charge >= 0.3 is 0 Å². The third-order valence-corrected chi connectivity index (χ3v) is 7.77. The summed E-state index contributed by atoms with van der Waals surface area (Å²) in [6.45, 7) is 2.63. The first-order chi connectivity index (χ1) is 14.4. The molecule has 5 nitrogen and oxygen atoms in total. The molecular weight excluding hydrogens is 398 g/mol. The highest BCUT2D eigenvalue weighted by molar-refractivity contribution is 6.31. The zero-order valence-corrected chi connectivity index (χ0v) is 17.8. The molecule has 3 fully saturated rings. The van der Waals surface area contributed by atoms with Gasteiger partial charge in [-0.15, -0.1) is 0 Å². The number of hydrogen-bond donors (Lipinski definition) is 3. The molecule has 0 unspecified atom stereocenters. The summed E-state index contributed by atoms with van der Waals surface area (Å²) in [7, 11) is 0. The van der Waals surface area contributed by atoms with Crippen molar-refractivity contribution in [2.75, 3.05) is 5.32 Å². The van der Waals surface area contributed by atoms with Crippen LogP contribution in [0.15, 0.2) is 48.5 Å². The molecule has 1 heterocycles. The Balaban J connectivity index is 1.35. The third-order valence-electron chi connectivity index (χ3n) is 7.40. The zero-order chi connectivity index (χ0) is 20.9. The largest absolute Gasteiger partial charge is 0.362 e. The Kier molecular flexibility index (Phi) is 4.55. The summed E-state index contributed by atoms with van der Waals surface area (Å²) in [6, 6.07) is 15.2. The standard InChI is InChI=1S/C24H26ClN3O2/c1-23-11-10-16(12-18(23)22(30)26-13-15-6-2-4-8-19(15)25)24(14-23)27-20-9-5-3-7-17(20)21(29)28-24/h2-9,16,18,27H,10-14H2,1H3,(H,26,30)(H,28,29)/t16-,18-,23-,24+/m1/s1. The minimum atomic E-state index is -0.474. The van der Waals surface area contributed by atoms with Gasteiger partial charge < -0.3 is 16.0 Å². The Morgan fingerprint density at radius 3 is 2.73 bits per heavy atom. The summed E-state index contributed by atoms with van der Waals surface area (Å²) < 4.78 is 0. The number of fused-ring (bicyclic) bond motifs is 3. The molecule has 0 aromatic heterocycles. The summed E-state index contributed by atoms with van der Waals surface area (Å²) >= 11 is 6.24. The van der Waals surface area contributed by atoms with E-state index in [1.54, 1.807) is 0 Å². The molecule has 2 aromatic rings. The van der Waals surface area contributed by atoms with Gasteiger partial charge in [0.1, 0.15) is 5.66 Å². The number of anilines is 1. The second kappa shape index (κ2) is 7.02. The van der Waals surface area contributed by atoms with Crippen LogP contribution in [0, 0.1) is 17.3 Å². The van der Waals surface area contributed by atoms with Crippen LogP contribution in [0.3, 0.4) is 0 Å². The number of amides is 2. The number of benzene rings is 2. The van der Waals surface area contributed by atoms with Crippen molar-refractivity contribution in [2.45, 2.75) is 44.8 Å². The summed E-state index contributed by atoms with van der Waals surface area (Å²) in [5.41, 5.74) is 1.85. The van der Waals surface area contributed by atoms with Crippen molar-refractivity contribution in [3.05, 3.63) is 64.7 Å². The van der Waals surface area contributed by atoms with Crippen LogP contribution in [-0.2, 0) is 11.3 Å². The Morgan fingerprint density at radius 2 is 1.93 bits per heavy atom. The molecule has 2 amide bonds. The molecule has 1 aliphatic heterocycles. The minimum Gasteiger partial charge on any atom is -0.362 e. The van der Waals surface area contributed by atoms with Crippen molar-refractivity contribution in [3.8, 4) is 0 Å². The van der Waals surface area contributed by atoms with E-state index in [-0.39, 0.29) is 29.1 Å². The van der Waals surface area contributed by atoms with Gasteiger partial charge in [0, 0.05) is 29.1 Å². The summed E-state index contributed by atoms with van der Waals surface area (Å²) in [4.78, 5) is 26.0. The fraction of sp³-hybridized carbons (Fsp3) is 0.417. The molecule has 1 spiro atoms. The molecule has 0 saturated heterocycles. The van der Waals surface area contributed by atoms with Crippen molar-refractivity contribution in [1.82, 2.24) is 10.6 Å². The van der Waals surface area contributed by atoms with Gasteiger partial charge in [-0.25, -0.2) is 0 Å². The lowest BCUT2D eigenvalue weighted by Gasteiger charge is -2.60. The van der Waals surface area contributed by atoms with Gasteiger partial charge in [0.15, 0.2) is 0 Å². The quantitative estimate of drug-likeness (QED) is 0.688. The van der Waals surface area contributed by atoms with Crippen molar-refractivity contribution < 1.29 is 9.59 Å². The van der Waals surface area contributed by atoms with Gasteiger partial charge in [-0.2, -0.15) is 0 Å². The number of nitrogens with one attached hydrogen (secondary N) is 3. The van der Waals surface area contributed by atoms with Crippen LogP contribution in [0.5, 0.6) is 0 Å². The predicted octanol–water partition coefficient (Wildman–Crippen LogP) is 4.33. The lowest BCUT2D eigenvalue weighted by Crippen LogP contribution is -2.70. The number of para-hydroxylation sites is 1. The average Bonchev–Trinajstić information content (AvgIpc) is 2.72. The van der Waals surface area contributed by atoms with E-state index < -0.39 is 5.66 Å². The first-order valence-corrected chi connectivity index (χ1v) is 11.0. The zero-order valence-electron chi connectivity index (χ0n) is 17.0. The van der Waals surface area contributed by atoms with Crippen molar-refractivity contribution in [3.63, 3.8) is 0 Å². The van der Waals surface area contributed by atoms with Crippen LogP contribution in [-0.4, -0.2) is 17.5 Å². The maximum atomic E-state index is 13.1. The Morgan fingerprint density at radius 1 is 1.17 bits per heavy atom. The van der Waals surface area contributed by atoms with Crippen LogP contribution >= 0.6 is 11.6 Å². The van der Waals surface area contributed by atoms with Gasteiger partial charge in [-0.1, -0.05) is 48.9 Å². The molecule has 2 bridgehead atoms. The van der Waals surface area contributed by atoms with E-state index >= 15 is 0 Å². The van der Waals surface area contributed by atoms with Crippen molar-refractivity contribution in [2.24, 2.45) is 17.3 Å². The van der Waals surface area contributed by atoms with Gasteiger partial charge in [0.25, 0.3) is 5.91 Å². The van der Waals surface area contributed by atoms with E-state index in [9.17, 15) is 9.59 Å². The molecule has 2 aromatic carbocycles. The van der Waals surface area contributed by atoms with E-state index in [0.717, 1.165) is 36.9 Å². The number of rotatable bonds is 3. The van der Waals surface area contributed by atoms with Crippen LogP contribution < -0.4 is 16.0 Å². The fourth-order valence-corrected chi connectivity index (χ4v) is 6.00. The minimum absolute atomic E-state index is 0.0276. The maximum absolute atomic E-state index is 13.1. The van der Waals surface area contributed by atoms with Crippen LogP contribution in [0.2, 0.25) is 5.02 Å². The van der Waals surface area contributed by atoms with Gasteiger partial charge in [-0.05, 0) is 54.9 Å². The van der Waals surface area contributed by atoms with Crippen molar-refractivity contribution >= 4 is 29.1 Å². The molecule has 3 aliphatic carbocycles.